The van der Waals surface area contributed by atoms with Gasteiger partial charge in [0.15, 0.2) is 0 Å². The van der Waals surface area contributed by atoms with Crippen LogP contribution in [0.5, 0.6) is 0 Å². The van der Waals surface area contributed by atoms with Crippen LogP contribution in [0.15, 0.2) is 60.7 Å². The van der Waals surface area contributed by atoms with Crippen LogP contribution in [0.1, 0.15) is 31.4 Å². The third-order valence-corrected chi connectivity index (χ3v) is 4.77. The Morgan fingerprint density at radius 3 is 2.10 bits per heavy atom. The van der Waals surface area contributed by atoms with E-state index in [0.717, 1.165) is 11.1 Å². The molecule has 29 heavy (non-hydrogen) atoms. The zero-order valence-electron chi connectivity index (χ0n) is 16.8. The smallest absolute Gasteiger partial charge is 0.408 e. The molecule has 1 unspecified atom stereocenters. The van der Waals surface area contributed by atoms with Crippen molar-refractivity contribution in [1.82, 2.24) is 10.6 Å². The number of aldehydes is 1. The van der Waals surface area contributed by atoms with Crippen molar-refractivity contribution in [2.45, 2.75) is 45.4 Å². The van der Waals surface area contributed by atoms with Crippen molar-refractivity contribution in [1.29, 1.82) is 0 Å². The van der Waals surface area contributed by atoms with Gasteiger partial charge in [-0.2, -0.15) is 0 Å². The highest BCUT2D eigenvalue weighted by atomic mass is 16.5. The summed E-state index contributed by atoms with van der Waals surface area (Å²) in [7, 11) is 0. The lowest BCUT2D eigenvalue weighted by atomic mass is 9.97. The van der Waals surface area contributed by atoms with E-state index in [9.17, 15) is 14.4 Å². The first-order valence-electron chi connectivity index (χ1n) is 9.80. The predicted molar refractivity (Wildman–Crippen MR) is 111 cm³/mol. The lowest BCUT2D eigenvalue weighted by Gasteiger charge is -2.25. The molecule has 6 nitrogen and oxygen atoms in total. The number of nitrogens with one attached hydrogen (secondary N) is 2. The highest BCUT2D eigenvalue weighted by Gasteiger charge is 2.28. The molecule has 0 spiro atoms. The van der Waals surface area contributed by atoms with E-state index >= 15 is 0 Å². The first-order chi connectivity index (χ1) is 14.0. The molecule has 0 radical (unpaired) electrons. The molecule has 0 saturated carbocycles. The molecule has 0 aliphatic rings. The topological polar surface area (TPSA) is 84.5 Å². The zero-order valence-corrected chi connectivity index (χ0v) is 16.8. The summed E-state index contributed by atoms with van der Waals surface area (Å²) in [5.74, 6) is -0.521. The van der Waals surface area contributed by atoms with Crippen LogP contribution in [0.4, 0.5) is 4.79 Å². The van der Waals surface area contributed by atoms with Crippen molar-refractivity contribution in [2.24, 2.45) is 5.92 Å². The van der Waals surface area contributed by atoms with Crippen LogP contribution in [0.3, 0.4) is 0 Å². The molecular weight excluding hydrogens is 368 g/mol. The van der Waals surface area contributed by atoms with Crippen LogP contribution in [0, 0.1) is 5.92 Å². The second-order valence-electron chi connectivity index (χ2n) is 7.01. The first kappa shape index (κ1) is 22.1. The van der Waals surface area contributed by atoms with Crippen LogP contribution in [0.25, 0.3) is 0 Å². The number of hydrogen-bond donors (Lipinski definition) is 2. The van der Waals surface area contributed by atoms with Crippen molar-refractivity contribution in [3.8, 4) is 0 Å². The number of carbonyl (C=O) groups is 3. The molecule has 0 heterocycles. The Kier molecular flexibility index (Phi) is 8.89. The molecule has 2 aromatic rings. The Morgan fingerprint density at radius 2 is 1.55 bits per heavy atom. The minimum atomic E-state index is -0.790. The van der Waals surface area contributed by atoms with Crippen LogP contribution in [-0.2, 0) is 27.4 Å². The minimum absolute atomic E-state index is 0.118. The highest BCUT2D eigenvalue weighted by molar-refractivity contribution is 5.87. The van der Waals surface area contributed by atoms with E-state index in [2.05, 4.69) is 10.6 Å². The van der Waals surface area contributed by atoms with E-state index < -0.39 is 24.1 Å². The second-order valence-corrected chi connectivity index (χ2v) is 7.01. The summed E-state index contributed by atoms with van der Waals surface area (Å²) in [6.45, 7) is 3.92. The quantitative estimate of drug-likeness (QED) is 0.604. The average molecular weight is 396 g/mol. The maximum atomic E-state index is 12.8. The maximum absolute atomic E-state index is 12.8. The number of rotatable bonds is 10. The number of benzene rings is 2. The highest BCUT2D eigenvalue weighted by Crippen LogP contribution is 2.10. The molecule has 0 aliphatic carbocycles. The van der Waals surface area contributed by atoms with Gasteiger partial charge in [-0.1, -0.05) is 80.9 Å². The van der Waals surface area contributed by atoms with Gasteiger partial charge in [-0.25, -0.2) is 4.79 Å². The molecule has 2 aromatic carbocycles. The van der Waals surface area contributed by atoms with Gasteiger partial charge in [-0.3, -0.25) is 4.79 Å². The number of alkyl carbamates (subject to hydrolysis) is 1. The molecule has 0 saturated heterocycles. The molecular formula is C23H28N2O4. The standard InChI is InChI=1S/C23H28N2O4/c1-3-17(2)21(25-23(28)29-16-19-12-8-5-9-13-19)22(27)24-20(15-26)14-18-10-6-4-7-11-18/h4-13,15,17,20-21H,3,14,16H2,1-2H3,(H,24,27)(H,25,28)/t17?,20-,21-/m0/s1. The third-order valence-electron chi connectivity index (χ3n) is 4.77. The summed E-state index contributed by atoms with van der Waals surface area (Å²) in [5.41, 5.74) is 1.80. The second kappa shape index (κ2) is 11.6. The average Bonchev–Trinajstić information content (AvgIpc) is 2.76. The summed E-state index contributed by atoms with van der Waals surface area (Å²) < 4.78 is 5.23. The molecule has 3 atom stereocenters. The van der Waals surface area contributed by atoms with Gasteiger partial charge < -0.3 is 20.2 Å². The normalized spacial score (nSPS) is 13.6. The zero-order chi connectivity index (χ0) is 21.1. The molecule has 2 amide bonds. The Bertz CT molecular complexity index is 780. The van der Waals surface area contributed by atoms with Crippen LogP contribution >= 0.6 is 0 Å². The molecule has 2 rings (SSSR count). The largest absolute Gasteiger partial charge is 0.445 e. The molecule has 2 N–H and O–H groups in total. The Labute approximate surface area is 171 Å². The fourth-order valence-electron chi connectivity index (χ4n) is 2.87. The first-order valence-corrected chi connectivity index (χ1v) is 9.80. The Balaban J connectivity index is 1.95. The molecule has 0 aromatic heterocycles. The summed E-state index contributed by atoms with van der Waals surface area (Å²) >= 11 is 0. The van der Waals surface area contributed by atoms with Gasteiger partial charge in [-0.05, 0) is 23.5 Å². The molecule has 154 valence electrons. The van der Waals surface area contributed by atoms with Gasteiger partial charge in [0.25, 0.3) is 0 Å². The van der Waals surface area contributed by atoms with E-state index in [1.165, 1.54) is 0 Å². The third kappa shape index (κ3) is 7.41. The van der Waals surface area contributed by atoms with Gasteiger partial charge in [-0.15, -0.1) is 0 Å². The van der Waals surface area contributed by atoms with Crippen molar-refractivity contribution >= 4 is 18.3 Å². The minimum Gasteiger partial charge on any atom is -0.445 e. The van der Waals surface area contributed by atoms with Gasteiger partial charge in [0, 0.05) is 0 Å². The van der Waals surface area contributed by atoms with Crippen molar-refractivity contribution in [3.63, 3.8) is 0 Å². The van der Waals surface area contributed by atoms with Gasteiger partial charge in [0.05, 0.1) is 6.04 Å². The van der Waals surface area contributed by atoms with Crippen LogP contribution in [0.2, 0.25) is 0 Å². The number of carbonyl (C=O) groups excluding carboxylic acids is 3. The monoisotopic (exact) mass is 396 g/mol. The van der Waals surface area contributed by atoms with E-state index in [4.69, 9.17) is 4.74 Å². The van der Waals surface area contributed by atoms with E-state index in [1.54, 1.807) is 0 Å². The number of hydrogen-bond acceptors (Lipinski definition) is 4. The summed E-state index contributed by atoms with van der Waals surface area (Å²) in [4.78, 5) is 36.4. The number of ether oxygens (including phenoxy) is 1. The van der Waals surface area contributed by atoms with E-state index in [1.807, 2.05) is 74.5 Å². The SMILES string of the molecule is CCC(C)[C@H](NC(=O)OCc1ccccc1)C(=O)N[C@H](C=O)Cc1ccccc1. The molecule has 0 aliphatic heterocycles. The van der Waals surface area contributed by atoms with Crippen molar-refractivity contribution in [2.75, 3.05) is 0 Å². The van der Waals surface area contributed by atoms with Crippen molar-refractivity contribution in [3.05, 3.63) is 71.8 Å². The fraction of sp³-hybridized carbons (Fsp3) is 0.348. The van der Waals surface area contributed by atoms with Gasteiger partial charge >= 0.3 is 6.09 Å². The lowest BCUT2D eigenvalue weighted by molar-refractivity contribution is -0.126. The lowest BCUT2D eigenvalue weighted by Crippen LogP contribution is -2.53. The van der Waals surface area contributed by atoms with E-state index in [-0.39, 0.29) is 12.5 Å². The summed E-state index contributed by atoms with van der Waals surface area (Å²) in [6.07, 6.45) is 1.12. The number of amides is 2. The van der Waals surface area contributed by atoms with Crippen LogP contribution < -0.4 is 10.6 Å². The molecule has 0 bridgehead atoms. The van der Waals surface area contributed by atoms with Crippen molar-refractivity contribution < 1.29 is 19.1 Å². The van der Waals surface area contributed by atoms with Gasteiger partial charge in [0.2, 0.25) is 5.91 Å². The maximum Gasteiger partial charge on any atom is 0.408 e. The van der Waals surface area contributed by atoms with Crippen LogP contribution in [-0.4, -0.2) is 30.4 Å². The Hall–Kier alpha value is -3.15. The summed E-state index contributed by atoms with van der Waals surface area (Å²) in [5, 5.41) is 5.37. The van der Waals surface area contributed by atoms with Gasteiger partial charge in [0.1, 0.15) is 18.9 Å². The fourth-order valence-corrected chi connectivity index (χ4v) is 2.87. The molecule has 0 fully saturated rings. The van der Waals surface area contributed by atoms with E-state index in [0.29, 0.717) is 19.1 Å². The molecule has 6 heteroatoms. The Morgan fingerprint density at radius 1 is 0.966 bits per heavy atom. The summed E-state index contributed by atoms with van der Waals surface area (Å²) in [6, 6.07) is 17.3. The predicted octanol–water partition coefficient (Wildman–Crippen LogP) is 3.25.